The Hall–Kier alpha value is -3.77. The molecular formula is C27H26O6. The van der Waals surface area contributed by atoms with Gasteiger partial charge < -0.3 is 19.4 Å². The van der Waals surface area contributed by atoms with Gasteiger partial charge in [0.1, 0.15) is 24.5 Å². The SMILES string of the molecule is O=CC(O)C(Cc1ccc2c(c1)OCO2)C(=O)CCc1ccccc1.O=Cc1ccccc1. The van der Waals surface area contributed by atoms with Crippen LogP contribution in [-0.4, -0.2) is 36.4 Å². The fourth-order valence-corrected chi connectivity index (χ4v) is 3.47. The van der Waals surface area contributed by atoms with E-state index < -0.39 is 12.0 Å². The quantitative estimate of drug-likeness (QED) is 0.503. The van der Waals surface area contributed by atoms with Crippen molar-refractivity contribution in [3.63, 3.8) is 0 Å². The largest absolute Gasteiger partial charge is 0.454 e. The average Bonchev–Trinajstić information content (AvgIpc) is 3.35. The highest BCUT2D eigenvalue weighted by atomic mass is 16.7. The molecule has 0 aromatic heterocycles. The lowest BCUT2D eigenvalue weighted by Gasteiger charge is -2.18. The van der Waals surface area contributed by atoms with Gasteiger partial charge in [-0.25, -0.2) is 0 Å². The first-order valence-electron chi connectivity index (χ1n) is 10.7. The predicted molar refractivity (Wildman–Crippen MR) is 123 cm³/mol. The Labute approximate surface area is 192 Å². The van der Waals surface area contributed by atoms with Crippen LogP contribution in [0.25, 0.3) is 0 Å². The normalized spacial score (nSPS) is 13.2. The summed E-state index contributed by atoms with van der Waals surface area (Å²) in [6.07, 6.45) is 1.10. The zero-order valence-corrected chi connectivity index (χ0v) is 18.1. The number of hydrogen-bond donors (Lipinski definition) is 1. The highest BCUT2D eigenvalue weighted by Gasteiger charge is 2.27. The molecule has 170 valence electrons. The van der Waals surface area contributed by atoms with Gasteiger partial charge in [-0.05, 0) is 36.1 Å². The van der Waals surface area contributed by atoms with Gasteiger partial charge in [-0.1, -0.05) is 66.7 Å². The lowest BCUT2D eigenvalue weighted by molar-refractivity contribution is -0.131. The number of benzene rings is 3. The number of carbonyl (C=O) groups excluding carboxylic acids is 3. The Morgan fingerprint density at radius 1 is 0.879 bits per heavy atom. The fourth-order valence-electron chi connectivity index (χ4n) is 3.47. The van der Waals surface area contributed by atoms with Gasteiger partial charge in [0.25, 0.3) is 0 Å². The van der Waals surface area contributed by atoms with Crippen LogP contribution in [0.4, 0.5) is 0 Å². The standard InChI is InChI=1S/C20H20O5.C7H6O/c21-12-18(23)16(17(22)8-6-14-4-2-1-3-5-14)10-15-7-9-19-20(11-15)25-13-24-19;8-6-7-4-2-1-3-5-7/h1-5,7,9,11-12,16,18,23H,6,8,10,13H2;1-6H. The van der Waals surface area contributed by atoms with Crippen LogP contribution < -0.4 is 9.47 Å². The van der Waals surface area contributed by atoms with E-state index in [4.69, 9.17) is 9.47 Å². The number of aryl methyl sites for hydroxylation is 1. The van der Waals surface area contributed by atoms with Crippen molar-refractivity contribution in [3.8, 4) is 11.5 Å². The third-order valence-electron chi connectivity index (χ3n) is 5.30. The zero-order valence-electron chi connectivity index (χ0n) is 18.1. The van der Waals surface area contributed by atoms with Crippen molar-refractivity contribution < 1.29 is 29.0 Å². The molecule has 3 aromatic carbocycles. The Morgan fingerprint density at radius 2 is 1.55 bits per heavy atom. The van der Waals surface area contributed by atoms with Crippen LogP contribution in [0, 0.1) is 5.92 Å². The van der Waals surface area contributed by atoms with Crippen LogP contribution in [0.2, 0.25) is 0 Å². The molecule has 0 saturated carbocycles. The molecule has 0 fully saturated rings. The summed E-state index contributed by atoms with van der Waals surface area (Å²) in [6.45, 7) is 0.176. The van der Waals surface area contributed by atoms with Crippen molar-refractivity contribution in [2.24, 2.45) is 5.92 Å². The lowest BCUT2D eigenvalue weighted by Crippen LogP contribution is -2.31. The third-order valence-corrected chi connectivity index (χ3v) is 5.30. The van der Waals surface area contributed by atoms with Crippen molar-refractivity contribution in [1.29, 1.82) is 0 Å². The van der Waals surface area contributed by atoms with Gasteiger partial charge >= 0.3 is 0 Å². The van der Waals surface area contributed by atoms with Crippen molar-refractivity contribution in [1.82, 2.24) is 0 Å². The van der Waals surface area contributed by atoms with E-state index in [1.54, 1.807) is 24.3 Å². The summed E-state index contributed by atoms with van der Waals surface area (Å²) in [6, 6.07) is 24.2. The molecule has 0 bridgehead atoms. The van der Waals surface area contributed by atoms with Crippen molar-refractivity contribution in [3.05, 3.63) is 95.6 Å². The van der Waals surface area contributed by atoms with Gasteiger partial charge in [-0.15, -0.1) is 0 Å². The van der Waals surface area contributed by atoms with E-state index in [0.29, 0.717) is 24.2 Å². The summed E-state index contributed by atoms with van der Waals surface area (Å²) in [5.74, 6) is 0.392. The number of hydrogen-bond acceptors (Lipinski definition) is 6. The Kier molecular flexibility index (Phi) is 8.91. The minimum atomic E-state index is -1.31. The molecule has 0 spiro atoms. The van der Waals surface area contributed by atoms with Crippen molar-refractivity contribution >= 4 is 18.4 Å². The molecule has 1 N–H and O–H groups in total. The molecule has 1 heterocycles. The highest BCUT2D eigenvalue weighted by Crippen LogP contribution is 2.33. The van der Waals surface area contributed by atoms with E-state index >= 15 is 0 Å². The van der Waals surface area contributed by atoms with Gasteiger partial charge in [0.05, 0.1) is 5.92 Å². The van der Waals surface area contributed by atoms with Gasteiger partial charge in [-0.3, -0.25) is 9.59 Å². The number of ether oxygens (including phenoxy) is 2. The Balaban J connectivity index is 0.000000323. The first kappa shape index (κ1) is 23.9. The van der Waals surface area contributed by atoms with Crippen molar-refractivity contribution in [2.45, 2.75) is 25.4 Å². The highest BCUT2D eigenvalue weighted by molar-refractivity contribution is 5.85. The number of Topliss-reactive ketones (excluding diaryl/α,β-unsaturated/α-hetero) is 1. The predicted octanol–water partition coefficient (Wildman–Crippen LogP) is 3.83. The van der Waals surface area contributed by atoms with Crippen LogP contribution >= 0.6 is 0 Å². The minimum absolute atomic E-state index is 0.124. The second-order valence-electron chi connectivity index (χ2n) is 7.61. The number of ketones is 1. The van der Waals surface area contributed by atoms with Gasteiger partial charge in [0, 0.05) is 12.0 Å². The Bertz CT molecular complexity index is 1050. The topological polar surface area (TPSA) is 89.9 Å². The number of aliphatic hydroxyl groups excluding tert-OH is 1. The van der Waals surface area contributed by atoms with Crippen LogP contribution in [0.1, 0.15) is 27.9 Å². The monoisotopic (exact) mass is 446 g/mol. The van der Waals surface area contributed by atoms with E-state index in [9.17, 15) is 19.5 Å². The van der Waals surface area contributed by atoms with Crippen LogP contribution in [-0.2, 0) is 22.4 Å². The van der Waals surface area contributed by atoms with Crippen LogP contribution in [0.3, 0.4) is 0 Å². The second-order valence-corrected chi connectivity index (χ2v) is 7.61. The number of carbonyl (C=O) groups is 3. The number of rotatable bonds is 9. The van der Waals surface area contributed by atoms with E-state index in [0.717, 1.165) is 23.0 Å². The minimum Gasteiger partial charge on any atom is -0.454 e. The molecule has 33 heavy (non-hydrogen) atoms. The average molecular weight is 446 g/mol. The molecule has 6 heteroatoms. The second kappa shape index (κ2) is 12.3. The maximum Gasteiger partial charge on any atom is 0.231 e. The lowest BCUT2D eigenvalue weighted by atomic mass is 9.88. The Morgan fingerprint density at radius 3 is 2.18 bits per heavy atom. The van der Waals surface area contributed by atoms with E-state index in [1.165, 1.54) is 0 Å². The van der Waals surface area contributed by atoms with Crippen LogP contribution in [0.5, 0.6) is 11.5 Å². The summed E-state index contributed by atoms with van der Waals surface area (Å²) in [5, 5.41) is 10.00. The molecule has 4 rings (SSSR count). The third kappa shape index (κ3) is 7.12. The number of aldehydes is 2. The smallest absolute Gasteiger partial charge is 0.231 e. The number of aliphatic hydroxyl groups is 1. The summed E-state index contributed by atoms with van der Waals surface area (Å²) < 4.78 is 10.6. The summed E-state index contributed by atoms with van der Waals surface area (Å²) in [5.41, 5.74) is 2.61. The number of fused-ring (bicyclic) bond motifs is 1. The molecule has 3 aromatic rings. The van der Waals surface area contributed by atoms with Crippen molar-refractivity contribution in [2.75, 3.05) is 6.79 Å². The van der Waals surface area contributed by atoms with Gasteiger partial charge in [0.15, 0.2) is 11.5 Å². The fraction of sp³-hybridized carbons (Fsp3) is 0.222. The summed E-state index contributed by atoms with van der Waals surface area (Å²) in [4.78, 5) is 33.6. The molecule has 0 radical (unpaired) electrons. The molecule has 2 atom stereocenters. The molecule has 6 nitrogen and oxygen atoms in total. The first-order chi connectivity index (χ1) is 16.1. The molecule has 0 amide bonds. The van der Waals surface area contributed by atoms with Gasteiger partial charge in [-0.2, -0.15) is 0 Å². The molecule has 1 aliphatic heterocycles. The zero-order chi connectivity index (χ0) is 23.5. The molecule has 2 unspecified atom stereocenters. The molecule has 1 aliphatic rings. The summed E-state index contributed by atoms with van der Waals surface area (Å²) in [7, 11) is 0. The molecular weight excluding hydrogens is 420 g/mol. The maximum atomic E-state index is 12.6. The van der Waals surface area contributed by atoms with Crippen LogP contribution in [0.15, 0.2) is 78.9 Å². The summed E-state index contributed by atoms with van der Waals surface area (Å²) >= 11 is 0. The van der Waals surface area contributed by atoms with Gasteiger partial charge in [0.2, 0.25) is 6.79 Å². The van der Waals surface area contributed by atoms with E-state index in [2.05, 4.69) is 0 Å². The maximum absolute atomic E-state index is 12.6. The molecule has 0 saturated heterocycles. The molecule has 0 aliphatic carbocycles. The first-order valence-corrected chi connectivity index (χ1v) is 10.7. The van der Waals surface area contributed by atoms with E-state index in [1.807, 2.05) is 54.6 Å². The van der Waals surface area contributed by atoms with E-state index in [-0.39, 0.29) is 25.4 Å².